The third kappa shape index (κ3) is 2.67. The molecule has 0 bridgehead atoms. The zero-order valence-corrected chi connectivity index (χ0v) is 12.3. The summed E-state index contributed by atoms with van der Waals surface area (Å²) in [5, 5.41) is 17.2. The van der Waals surface area contributed by atoms with Crippen LogP contribution in [0.1, 0.15) is 37.1 Å². The highest BCUT2D eigenvalue weighted by Crippen LogP contribution is 2.32. The Hall–Kier alpha value is -2.19. The molecule has 0 unspecified atom stereocenters. The van der Waals surface area contributed by atoms with Crippen molar-refractivity contribution in [3.05, 3.63) is 35.7 Å². The quantitative estimate of drug-likeness (QED) is 0.847. The number of hydrogen-bond donors (Lipinski definition) is 0. The van der Waals surface area contributed by atoms with Crippen LogP contribution in [-0.4, -0.2) is 34.7 Å². The van der Waals surface area contributed by atoms with E-state index in [1.807, 2.05) is 12.1 Å². The summed E-state index contributed by atoms with van der Waals surface area (Å²) >= 11 is 0. The van der Waals surface area contributed by atoms with Gasteiger partial charge in [-0.05, 0) is 57.6 Å². The molecule has 108 valence electrons. The van der Waals surface area contributed by atoms with E-state index >= 15 is 0 Å². The van der Waals surface area contributed by atoms with E-state index in [0.717, 1.165) is 24.9 Å². The second-order valence-corrected chi connectivity index (χ2v) is 5.60. The number of aromatic nitrogens is 2. The number of rotatable bonds is 2. The van der Waals surface area contributed by atoms with E-state index in [1.165, 1.54) is 0 Å². The first kappa shape index (κ1) is 13.8. The van der Waals surface area contributed by atoms with E-state index in [-0.39, 0.29) is 0 Å². The van der Waals surface area contributed by atoms with Crippen LogP contribution in [0.2, 0.25) is 0 Å². The fraction of sp³-hybridized carbons (Fsp3) is 0.438. The Labute approximate surface area is 124 Å². The average Bonchev–Trinajstić information content (AvgIpc) is 3.00. The Kier molecular flexibility index (Phi) is 3.72. The largest absolute Gasteiger partial charge is 0.420 e. The molecule has 1 aliphatic heterocycles. The van der Waals surface area contributed by atoms with Crippen LogP contribution >= 0.6 is 0 Å². The zero-order valence-electron chi connectivity index (χ0n) is 12.3. The normalized spacial score (nSPS) is 22.9. The van der Waals surface area contributed by atoms with Crippen molar-refractivity contribution >= 4 is 0 Å². The van der Waals surface area contributed by atoms with E-state index in [2.05, 4.69) is 35.1 Å². The maximum atomic E-state index is 8.82. The third-order valence-electron chi connectivity index (χ3n) is 4.32. The van der Waals surface area contributed by atoms with Gasteiger partial charge >= 0.3 is 0 Å². The Morgan fingerprint density at radius 1 is 1.29 bits per heavy atom. The van der Waals surface area contributed by atoms with Crippen LogP contribution in [0.25, 0.3) is 11.5 Å². The second-order valence-electron chi connectivity index (χ2n) is 5.60. The van der Waals surface area contributed by atoms with Crippen LogP contribution in [0.15, 0.2) is 28.7 Å². The minimum atomic E-state index is 0.295. The predicted octanol–water partition coefficient (Wildman–Crippen LogP) is 2.81. The molecule has 2 heterocycles. The highest BCUT2D eigenvalue weighted by atomic mass is 16.4. The van der Waals surface area contributed by atoms with Gasteiger partial charge in [0.05, 0.1) is 17.6 Å². The van der Waals surface area contributed by atoms with Crippen molar-refractivity contribution in [2.24, 2.45) is 0 Å². The zero-order chi connectivity index (χ0) is 14.8. The van der Waals surface area contributed by atoms with E-state index in [9.17, 15) is 0 Å². The molecule has 1 aromatic carbocycles. The Morgan fingerprint density at radius 3 is 2.76 bits per heavy atom. The predicted molar refractivity (Wildman–Crippen MR) is 78.5 cm³/mol. The minimum Gasteiger partial charge on any atom is -0.420 e. The number of likely N-dealkylation sites (N-methyl/N-ethyl adjacent to an activating group) is 1. The topological polar surface area (TPSA) is 66.0 Å². The molecule has 2 atom stereocenters. The van der Waals surface area contributed by atoms with Crippen LogP contribution in [0.5, 0.6) is 0 Å². The molecule has 1 aliphatic rings. The number of nitriles is 1. The molecule has 0 saturated carbocycles. The molecule has 1 aromatic heterocycles. The molecule has 0 amide bonds. The molecule has 0 spiro atoms. The summed E-state index contributed by atoms with van der Waals surface area (Å²) in [7, 11) is 2.13. The summed E-state index contributed by atoms with van der Waals surface area (Å²) in [5.74, 6) is 1.53. The maximum absolute atomic E-state index is 8.82. The van der Waals surface area contributed by atoms with Crippen molar-refractivity contribution in [2.45, 2.75) is 31.7 Å². The summed E-state index contributed by atoms with van der Waals surface area (Å²) in [6.45, 7) is 3.32. The fourth-order valence-corrected chi connectivity index (χ4v) is 2.83. The van der Waals surface area contributed by atoms with Crippen molar-refractivity contribution in [2.75, 3.05) is 13.6 Å². The number of hydrogen-bond acceptors (Lipinski definition) is 5. The molecular weight excluding hydrogens is 264 g/mol. The fourth-order valence-electron chi connectivity index (χ4n) is 2.83. The van der Waals surface area contributed by atoms with E-state index in [1.54, 1.807) is 12.1 Å². The molecule has 3 rings (SSSR count). The summed E-state index contributed by atoms with van der Waals surface area (Å²) in [5.41, 5.74) is 1.48. The lowest BCUT2D eigenvalue weighted by atomic mass is 9.90. The Bertz CT molecular complexity index is 656. The molecule has 0 N–H and O–H groups in total. The van der Waals surface area contributed by atoms with Crippen LogP contribution in [0, 0.1) is 11.3 Å². The number of likely N-dealkylation sites (tertiary alicyclic amines) is 1. The van der Waals surface area contributed by atoms with Crippen molar-refractivity contribution in [3.63, 3.8) is 0 Å². The number of nitrogens with zero attached hydrogens (tertiary/aromatic N) is 4. The molecule has 0 radical (unpaired) electrons. The first-order chi connectivity index (χ1) is 10.2. The number of piperidine rings is 1. The molecule has 0 aliphatic carbocycles. The molecule has 1 fully saturated rings. The highest BCUT2D eigenvalue weighted by molar-refractivity contribution is 5.54. The van der Waals surface area contributed by atoms with Crippen molar-refractivity contribution in [1.29, 1.82) is 5.26 Å². The van der Waals surface area contributed by atoms with Crippen molar-refractivity contribution in [1.82, 2.24) is 15.1 Å². The van der Waals surface area contributed by atoms with Crippen LogP contribution < -0.4 is 0 Å². The average molecular weight is 282 g/mol. The van der Waals surface area contributed by atoms with Crippen LogP contribution in [0.3, 0.4) is 0 Å². The highest BCUT2D eigenvalue weighted by Gasteiger charge is 2.30. The van der Waals surface area contributed by atoms with Crippen molar-refractivity contribution in [3.8, 4) is 17.5 Å². The third-order valence-corrected chi connectivity index (χ3v) is 4.32. The monoisotopic (exact) mass is 282 g/mol. The summed E-state index contributed by atoms with van der Waals surface area (Å²) < 4.78 is 5.87. The second kappa shape index (κ2) is 5.66. The Morgan fingerprint density at radius 2 is 2.05 bits per heavy atom. The van der Waals surface area contributed by atoms with Gasteiger partial charge in [-0.15, -0.1) is 10.2 Å². The molecule has 5 heteroatoms. The van der Waals surface area contributed by atoms with Gasteiger partial charge in [0.15, 0.2) is 0 Å². The van der Waals surface area contributed by atoms with Gasteiger partial charge in [-0.2, -0.15) is 5.26 Å². The first-order valence-electron chi connectivity index (χ1n) is 7.23. The summed E-state index contributed by atoms with van der Waals surface area (Å²) in [6, 6.07) is 9.71. The van der Waals surface area contributed by atoms with E-state index < -0.39 is 0 Å². The van der Waals surface area contributed by atoms with E-state index in [4.69, 9.17) is 9.68 Å². The van der Waals surface area contributed by atoms with Gasteiger partial charge < -0.3 is 9.32 Å². The van der Waals surface area contributed by atoms with Gasteiger partial charge in [0.2, 0.25) is 11.8 Å². The van der Waals surface area contributed by atoms with Gasteiger partial charge in [0.1, 0.15) is 0 Å². The van der Waals surface area contributed by atoms with Gasteiger partial charge in [0.25, 0.3) is 0 Å². The molecule has 5 nitrogen and oxygen atoms in total. The molecule has 2 aromatic rings. The molecular formula is C16H18N4O. The van der Waals surface area contributed by atoms with Gasteiger partial charge in [0, 0.05) is 11.6 Å². The Balaban J connectivity index is 1.84. The SMILES string of the molecule is C[C@H]1[C@@H](c2nnc(-c3ccc(C#N)cc3)o2)CCCN1C. The lowest BCUT2D eigenvalue weighted by Crippen LogP contribution is -2.39. The van der Waals surface area contributed by atoms with Gasteiger partial charge in [-0.25, -0.2) is 0 Å². The minimum absolute atomic E-state index is 0.295. The number of benzene rings is 1. The van der Waals surface area contributed by atoms with Gasteiger partial charge in [-0.3, -0.25) is 0 Å². The summed E-state index contributed by atoms with van der Waals surface area (Å²) in [6.07, 6.45) is 2.24. The van der Waals surface area contributed by atoms with Crippen LogP contribution in [0.4, 0.5) is 0 Å². The van der Waals surface area contributed by atoms with Crippen LogP contribution in [-0.2, 0) is 0 Å². The van der Waals surface area contributed by atoms with Crippen molar-refractivity contribution < 1.29 is 4.42 Å². The molecule has 21 heavy (non-hydrogen) atoms. The first-order valence-corrected chi connectivity index (χ1v) is 7.23. The van der Waals surface area contributed by atoms with Gasteiger partial charge in [-0.1, -0.05) is 0 Å². The van der Waals surface area contributed by atoms with E-state index in [0.29, 0.717) is 29.3 Å². The lowest BCUT2D eigenvalue weighted by molar-refractivity contribution is 0.158. The maximum Gasteiger partial charge on any atom is 0.247 e. The summed E-state index contributed by atoms with van der Waals surface area (Å²) in [4.78, 5) is 2.33. The smallest absolute Gasteiger partial charge is 0.247 e. The lowest BCUT2D eigenvalue weighted by Gasteiger charge is -2.34. The standard InChI is InChI=1S/C16H18N4O/c1-11-14(4-3-9-20(11)2)16-19-18-15(21-16)13-7-5-12(10-17)6-8-13/h5-8,11,14H,3-4,9H2,1-2H3/t11-,14-/m0/s1. The molecule has 1 saturated heterocycles.